The van der Waals surface area contributed by atoms with E-state index in [0.717, 1.165) is 23.5 Å². The average Bonchev–Trinajstić information content (AvgIpc) is 3.12. The van der Waals surface area contributed by atoms with E-state index in [1.54, 1.807) is 14.2 Å². The third-order valence-electron chi connectivity index (χ3n) is 4.19. The third kappa shape index (κ3) is 1.69. The summed E-state index contributed by atoms with van der Waals surface area (Å²) in [5, 5.41) is 0. The first kappa shape index (κ1) is 11.8. The maximum atomic E-state index is 6.04. The van der Waals surface area contributed by atoms with Gasteiger partial charge < -0.3 is 14.2 Å². The van der Waals surface area contributed by atoms with Crippen molar-refractivity contribution in [3.63, 3.8) is 0 Å². The molecule has 0 radical (unpaired) electrons. The molecule has 1 aromatic rings. The lowest BCUT2D eigenvalue weighted by molar-refractivity contribution is 0.256. The van der Waals surface area contributed by atoms with E-state index in [1.807, 2.05) is 12.1 Å². The second-order valence-electron chi connectivity index (χ2n) is 5.14. The minimum Gasteiger partial charge on any atom is -0.493 e. The van der Waals surface area contributed by atoms with Crippen molar-refractivity contribution < 1.29 is 14.2 Å². The van der Waals surface area contributed by atoms with Crippen LogP contribution < -0.4 is 9.47 Å². The molecular formula is C15H20O3. The van der Waals surface area contributed by atoms with Crippen molar-refractivity contribution in [3.8, 4) is 11.5 Å². The molecule has 3 rings (SSSR count). The van der Waals surface area contributed by atoms with Crippen LogP contribution in [0, 0.1) is 0 Å². The summed E-state index contributed by atoms with van der Waals surface area (Å²) < 4.78 is 17.0. The summed E-state index contributed by atoms with van der Waals surface area (Å²) in [6.45, 7) is 0. The van der Waals surface area contributed by atoms with Crippen molar-refractivity contribution in [1.29, 1.82) is 0 Å². The molecule has 2 aliphatic rings. The molecule has 1 aliphatic carbocycles. The molecular weight excluding hydrogens is 228 g/mol. The van der Waals surface area contributed by atoms with E-state index in [2.05, 4.69) is 6.07 Å². The van der Waals surface area contributed by atoms with Crippen LogP contribution in [0.3, 0.4) is 0 Å². The van der Waals surface area contributed by atoms with E-state index in [1.165, 1.54) is 25.7 Å². The van der Waals surface area contributed by atoms with Gasteiger partial charge in [0.1, 0.15) is 5.60 Å². The number of fused-ring (bicyclic) bond motifs is 1. The first-order valence-electron chi connectivity index (χ1n) is 6.71. The van der Waals surface area contributed by atoms with Gasteiger partial charge in [-0.2, -0.15) is 0 Å². The predicted molar refractivity (Wildman–Crippen MR) is 69.2 cm³/mol. The normalized spacial score (nSPS) is 30.2. The summed E-state index contributed by atoms with van der Waals surface area (Å²) in [5.41, 5.74) is 1.06. The van der Waals surface area contributed by atoms with Crippen LogP contribution in [0.25, 0.3) is 0 Å². The second kappa shape index (κ2) is 4.47. The molecule has 1 aromatic carbocycles. The van der Waals surface area contributed by atoms with Gasteiger partial charge in [0.2, 0.25) is 0 Å². The Hall–Kier alpha value is -1.22. The minimum absolute atomic E-state index is 0.101. The van der Waals surface area contributed by atoms with Gasteiger partial charge in [-0.3, -0.25) is 0 Å². The number of ether oxygens (including phenoxy) is 3. The third-order valence-corrected chi connectivity index (χ3v) is 4.19. The van der Waals surface area contributed by atoms with Crippen LogP contribution in [0.15, 0.2) is 18.2 Å². The van der Waals surface area contributed by atoms with E-state index in [9.17, 15) is 0 Å². The quantitative estimate of drug-likeness (QED) is 0.769. The summed E-state index contributed by atoms with van der Waals surface area (Å²) in [4.78, 5) is 0. The summed E-state index contributed by atoms with van der Waals surface area (Å²) in [7, 11) is 3.38. The molecule has 1 saturated carbocycles. The Morgan fingerprint density at radius 2 is 2.06 bits per heavy atom. The van der Waals surface area contributed by atoms with Gasteiger partial charge in [0.05, 0.1) is 20.3 Å². The average molecular weight is 248 g/mol. The van der Waals surface area contributed by atoms with E-state index in [-0.39, 0.29) is 5.60 Å². The van der Waals surface area contributed by atoms with Crippen LogP contribution >= 0.6 is 0 Å². The second-order valence-corrected chi connectivity index (χ2v) is 5.14. The van der Waals surface area contributed by atoms with E-state index >= 15 is 0 Å². The summed E-state index contributed by atoms with van der Waals surface area (Å²) in [6.07, 6.45) is 6.46. The predicted octanol–water partition coefficient (Wildman–Crippen LogP) is 3.26. The van der Waals surface area contributed by atoms with Gasteiger partial charge in [-0.15, -0.1) is 0 Å². The van der Waals surface area contributed by atoms with E-state index < -0.39 is 0 Å². The molecule has 98 valence electrons. The van der Waals surface area contributed by atoms with Gasteiger partial charge in [0.15, 0.2) is 11.5 Å². The SMILES string of the molecule is COc1cccc(C23CCCCCC2O3)c1OC. The molecule has 0 aromatic heterocycles. The molecule has 0 N–H and O–H groups in total. The zero-order valence-electron chi connectivity index (χ0n) is 11.1. The fourth-order valence-electron chi connectivity index (χ4n) is 3.22. The van der Waals surface area contributed by atoms with Gasteiger partial charge in [-0.25, -0.2) is 0 Å². The topological polar surface area (TPSA) is 31.0 Å². The number of hydrogen-bond acceptors (Lipinski definition) is 3. The Bertz CT molecular complexity index is 443. The molecule has 2 unspecified atom stereocenters. The Balaban J connectivity index is 2.01. The first-order valence-corrected chi connectivity index (χ1v) is 6.71. The molecule has 2 fully saturated rings. The van der Waals surface area contributed by atoms with Crippen LogP contribution in [0.4, 0.5) is 0 Å². The number of epoxide rings is 1. The number of para-hydroxylation sites is 1. The Morgan fingerprint density at radius 3 is 2.83 bits per heavy atom. The highest BCUT2D eigenvalue weighted by Crippen LogP contribution is 2.57. The van der Waals surface area contributed by atoms with Crippen molar-refractivity contribution in [3.05, 3.63) is 23.8 Å². The molecule has 1 saturated heterocycles. The van der Waals surface area contributed by atoms with Crippen LogP contribution in [0.2, 0.25) is 0 Å². The number of methoxy groups -OCH3 is 2. The number of hydrogen-bond donors (Lipinski definition) is 0. The molecule has 2 atom stereocenters. The van der Waals surface area contributed by atoms with Crippen molar-refractivity contribution >= 4 is 0 Å². The fourth-order valence-corrected chi connectivity index (χ4v) is 3.22. The summed E-state index contributed by atoms with van der Waals surface area (Å²) in [6, 6.07) is 6.08. The Kier molecular flexibility index (Phi) is 2.94. The van der Waals surface area contributed by atoms with Crippen LogP contribution in [-0.2, 0) is 10.3 Å². The lowest BCUT2D eigenvalue weighted by atomic mass is 9.90. The molecule has 0 spiro atoms. The lowest BCUT2D eigenvalue weighted by Crippen LogP contribution is -2.13. The zero-order chi connectivity index (χ0) is 12.6. The van der Waals surface area contributed by atoms with Gasteiger partial charge in [0.25, 0.3) is 0 Å². The van der Waals surface area contributed by atoms with Gasteiger partial charge in [-0.1, -0.05) is 31.4 Å². The highest BCUT2D eigenvalue weighted by molar-refractivity contribution is 5.51. The Labute approximate surface area is 108 Å². The van der Waals surface area contributed by atoms with Gasteiger partial charge >= 0.3 is 0 Å². The van der Waals surface area contributed by atoms with Crippen LogP contribution in [0.5, 0.6) is 11.5 Å². The molecule has 3 heteroatoms. The van der Waals surface area contributed by atoms with Crippen molar-refractivity contribution in [2.75, 3.05) is 14.2 Å². The molecule has 1 aliphatic heterocycles. The van der Waals surface area contributed by atoms with Crippen molar-refractivity contribution in [2.24, 2.45) is 0 Å². The van der Waals surface area contributed by atoms with Crippen LogP contribution in [0.1, 0.15) is 37.7 Å². The first-order chi connectivity index (χ1) is 8.81. The van der Waals surface area contributed by atoms with Crippen LogP contribution in [-0.4, -0.2) is 20.3 Å². The number of rotatable bonds is 3. The largest absolute Gasteiger partial charge is 0.493 e. The van der Waals surface area contributed by atoms with E-state index in [4.69, 9.17) is 14.2 Å². The monoisotopic (exact) mass is 248 g/mol. The smallest absolute Gasteiger partial charge is 0.166 e. The molecule has 18 heavy (non-hydrogen) atoms. The van der Waals surface area contributed by atoms with Crippen molar-refractivity contribution in [1.82, 2.24) is 0 Å². The summed E-state index contributed by atoms with van der Waals surface area (Å²) >= 11 is 0. The minimum atomic E-state index is -0.101. The maximum absolute atomic E-state index is 6.04. The number of benzene rings is 1. The Morgan fingerprint density at radius 1 is 1.17 bits per heavy atom. The lowest BCUT2D eigenvalue weighted by Gasteiger charge is -2.18. The van der Waals surface area contributed by atoms with Gasteiger partial charge in [0, 0.05) is 5.56 Å². The zero-order valence-corrected chi connectivity index (χ0v) is 11.1. The standard InChI is InChI=1S/C15H20O3/c1-16-12-8-6-7-11(14(12)17-2)15-10-5-3-4-9-13(15)18-15/h6-8,13H,3-5,9-10H2,1-2H3. The molecule has 0 bridgehead atoms. The molecule has 1 heterocycles. The highest BCUT2D eigenvalue weighted by Gasteiger charge is 2.58. The highest BCUT2D eigenvalue weighted by atomic mass is 16.6. The van der Waals surface area contributed by atoms with E-state index in [0.29, 0.717) is 6.10 Å². The maximum Gasteiger partial charge on any atom is 0.166 e. The van der Waals surface area contributed by atoms with Crippen molar-refractivity contribution in [2.45, 2.75) is 43.8 Å². The molecule has 3 nitrogen and oxygen atoms in total. The molecule has 0 amide bonds. The van der Waals surface area contributed by atoms with Gasteiger partial charge in [-0.05, 0) is 18.9 Å². The summed E-state index contributed by atoms with van der Waals surface area (Å²) in [5.74, 6) is 1.63. The fraction of sp³-hybridized carbons (Fsp3) is 0.600.